The van der Waals surface area contributed by atoms with Crippen molar-refractivity contribution in [3.8, 4) is 5.75 Å². The lowest BCUT2D eigenvalue weighted by molar-refractivity contribution is 0.186. The Labute approximate surface area is 132 Å². The van der Waals surface area contributed by atoms with Crippen LogP contribution in [0.4, 0.5) is 10.5 Å². The van der Waals surface area contributed by atoms with Gasteiger partial charge in [0, 0.05) is 19.1 Å². The van der Waals surface area contributed by atoms with Gasteiger partial charge in [-0.25, -0.2) is 4.79 Å². The Hall–Kier alpha value is -1.75. The summed E-state index contributed by atoms with van der Waals surface area (Å²) in [4.78, 5) is 17.1. The van der Waals surface area contributed by atoms with Gasteiger partial charge in [0.05, 0.1) is 12.8 Å². The molecule has 1 N–H and O–H groups in total. The zero-order valence-corrected chi connectivity index (χ0v) is 13.3. The first-order chi connectivity index (χ1) is 10.8. The first-order valence-electron chi connectivity index (χ1n) is 8.21. The predicted molar refractivity (Wildman–Crippen MR) is 87.4 cm³/mol. The molecule has 5 heteroatoms. The summed E-state index contributed by atoms with van der Waals surface area (Å²) in [7, 11) is 1.62. The van der Waals surface area contributed by atoms with E-state index in [1.54, 1.807) is 7.11 Å². The maximum atomic E-state index is 12.6. The van der Waals surface area contributed by atoms with Crippen molar-refractivity contribution >= 4 is 11.7 Å². The number of carbonyl (C=O) groups excluding carboxylic acids is 1. The van der Waals surface area contributed by atoms with E-state index >= 15 is 0 Å². The van der Waals surface area contributed by atoms with Gasteiger partial charge >= 0.3 is 6.03 Å². The van der Waals surface area contributed by atoms with Gasteiger partial charge in [-0.3, -0.25) is 0 Å². The smallest absolute Gasteiger partial charge is 0.322 e. The molecule has 0 aromatic heterocycles. The van der Waals surface area contributed by atoms with Gasteiger partial charge < -0.3 is 19.9 Å². The van der Waals surface area contributed by atoms with Crippen LogP contribution in [0.2, 0.25) is 0 Å². The number of benzene rings is 1. The van der Waals surface area contributed by atoms with Gasteiger partial charge in [0.2, 0.25) is 0 Å². The lowest BCUT2D eigenvalue weighted by atomic mass is 10.2. The maximum Gasteiger partial charge on any atom is 0.322 e. The molecule has 2 fully saturated rings. The fourth-order valence-electron chi connectivity index (χ4n) is 3.49. The van der Waals surface area contributed by atoms with Crippen molar-refractivity contribution in [2.45, 2.75) is 31.7 Å². The normalized spacial score (nSPS) is 22.0. The molecule has 2 heterocycles. The molecular formula is C17H25N3O2. The van der Waals surface area contributed by atoms with Crippen LogP contribution >= 0.6 is 0 Å². The van der Waals surface area contributed by atoms with Crippen LogP contribution in [-0.4, -0.2) is 55.2 Å². The zero-order chi connectivity index (χ0) is 15.4. The van der Waals surface area contributed by atoms with Gasteiger partial charge in [0.15, 0.2) is 0 Å². The summed E-state index contributed by atoms with van der Waals surface area (Å²) in [6, 6.07) is 7.88. The fourth-order valence-corrected chi connectivity index (χ4v) is 3.49. The average Bonchev–Trinajstić information content (AvgIpc) is 3.20. The number of para-hydroxylation sites is 2. The van der Waals surface area contributed by atoms with E-state index in [0.717, 1.165) is 31.6 Å². The number of hydrogen-bond acceptors (Lipinski definition) is 3. The third-order valence-corrected chi connectivity index (χ3v) is 4.65. The molecule has 3 rings (SSSR count). The standard InChI is InChI=1S/C17H25N3O2/c1-22-16-9-3-2-8-15(16)18-17(21)20-12-6-7-14(20)13-19-10-4-5-11-19/h2-3,8-9,14H,4-7,10-13H2,1H3,(H,18,21)/t14-/m0/s1. The predicted octanol–water partition coefficient (Wildman–Crippen LogP) is 2.79. The minimum atomic E-state index is -0.00815. The summed E-state index contributed by atoms with van der Waals surface area (Å²) in [5.41, 5.74) is 0.738. The lowest BCUT2D eigenvalue weighted by Gasteiger charge is -2.28. The molecule has 120 valence electrons. The van der Waals surface area contributed by atoms with Gasteiger partial charge in [-0.05, 0) is 50.9 Å². The summed E-state index contributed by atoms with van der Waals surface area (Å²) in [6.07, 6.45) is 4.79. The first-order valence-corrected chi connectivity index (χ1v) is 8.21. The summed E-state index contributed by atoms with van der Waals surface area (Å²) < 4.78 is 5.30. The molecule has 5 nitrogen and oxygen atoms in total. The van der Waals surface area contributed by atoms with Crippen molar-refractivity contribution in [1.29, 1.82) is 0 Å². The number of urea groups is 1. The van der Waals surface area contributed by atoms with E-state index in [1.165, 1.54) is 25.9 Å². The number of anilines is 1. The van der Waals surface area contributed by atoms with Gasteiger partial charge in [-0.15, -0.1) is 0 Å². The number of amides is 2. The topological polar surface area (TPSA) is 44.8 Å². The van der Waals surface area contributed by atoms with Gasteiger partial charge in [0.1, 0.15) is 5.75 Å². The van der Waals surface area contributed by atoms with Crippen LogP contribution in [0, 0.1) is 0 Å². The Morgan fingerprint density at radius 1 is 1.23 bits per heavy atom. The monoisotopic (exact) mass is 303 g/mol. The minimum absolute atomic E-state index is 0.00815. The van der Waals surface area contributed by atoms with Gasteiger partial charge in [0.25, 0.3) is 0 Å². The summed E-state index contributed by atoms with van der Waals surface area (Å²) in [5, 5.41) is 3.00. The Morgan fingerprint density at radius 3 is 2.77 bits per heavy atom. The van der Waals surface area contributed by atoms with Crippen LogP contribution in [0.15, 0.2) is 24.3 Å². The second kappa shape index (κ2) is 7.01. The highest BCUT2D eigenvalue weighted by Crippen LogP contribution is 2.26. The highest BCUT2D eigenvalue weighted by atomic mass is 16.5. The third-order valence-electron chi connectivity index (χ3n) is 4.65. The molecule has 0 saturated carbocycles. The second-order valence-electron chi connectivity index (χ2n) is 6.13. The van der Waals surface area contributed by atoms with Crippen LogP contribution in [0.25, 0.3) is 0 Å². The Bertz CT molecular complexity index is 514. The largest absolute Gasteiger partial charge is 0.495 e. The highest BCUT2D eigenvalue weighted by molar-refractivity contribution is 5.91. The molecule has 2 aliphatic rings. The van der Waals surface area contributed by atoms with E-state index < -0.39 is 0 Å². The van der Waals surface area contributed by atoms with Crippen molar-refractivity contribution in [1.82, 2.24) is 9.80 Å². The number of nitrogens with one attached hydrogen (secondary N) is 1. The van der Waals surface area contributed by atoms with Crippen molar-refractivity contribution in [3.05, 3.63) is 24.3 Å². The van der Waals surface area contributed by atoms with Crippen LogP contribution in [0.5, 0.6) is 5.75 Å². The molecule has 2 amide bonds. The Kier molecular flexibility index (Phi) is 4.83. The number of carbonyl (C=O) groups is 1. The van der Waals surface area contributed by atoms with E-state index in [9.17, 15) is 4.79 Å². The quantitative estimate of drug-likeness (QED) is 0.930. The second-order valence-corrected chi connectivity index (χ2v) is 6.13. The molecule has 1 aromatic carbocycles. The Morgan fingerprint density at radius 2 is 2.00 bits per heavy atom. The van der Waals surface area contributed by atoms with Crippen molar-refractivity contribution in [2.75, 3.05) is 38.6 Å². The average molecular weight is 303 g/mol. The number of nitrogens with zero attached hydrogens (tertiary/aromatic N) is 2. The molecule has 0 unspecified atom stereocenters. The van der Waals surface area contributed by atoms with Crippen LogP contribution in [0.1, 0.15) is 25.7 Å². The molecule has 0 bridgehead atoms. The van der Waals surface area contributed by atoms with Crippen molar-refractivity contribution < 1.29 is 9.53 Å². The molecule has 0 radical (unpaired) electrons. The first kappa shape index (κ1) is 15.2. The maximum absolute atomic E-state index is 12.6. The van der Waals surface area contributed by atoms with E-state index in [1.807, 2.05) is 29.2 Å². The van der Waals surface area contributed by atoms with Crippen LogP contribution in [-0.2, 0) is 0 Å². The number of hydrogen-bond donors (Lipinski definition) is 1. The molecule has 22 heavy (non-hydrogen) atoms. The van der Waals surface area contributed by atoms with Crippen molar-refractivity contribution in [3.63, 3.8) is 0 Å². The zero-order valence-electron chi connectivity index (χ0n) is 13.3. The van der Waals surface area contributed by atoms with Crippen molar-refractivity contribution in [2.24, 2.45) is 0 Å². The third kappa shape index (κ3) is 3.35. The van der Waals surface area contributed by atoms with E-state index in [-0.39, 0.29) is 6.03 Å². The van der Waals surface area contributed by atoms with Crippen LogP contribution < -0.4 is 10.1 Å². The van der Waals surface area contributed by atoms with E-state index in [0.29, 0.717) is 11.8 Å². The van der Waals surface area contributed by atoms with E-state index in [4.69, 9.17) is 4.74 Å². The molecule has 0 spiro atoms. The number of rotatable bonds is 4. The summed E-state index contributed by atoms with van der Waals surface area (Å²) in [6.45, 7) is 4.22. The molecule has 2 aliphatic heterocycles. The molecule has 2 saturated heterocycles. The fraction of sp³-hybridized carbons (Fsp3) is 0.588. The number of likely N-dealkylation sites (tertiary alicyclic amines) is 2. The molecular weight excluding hydrogens is 278 g/mol. The molecule has 1 atom stereocenters. The summed E-state index contributed by atoms with van der Waals surface area (Å²) >= 11 is 0. The molecule has 0 aliphatic carbocycles. The lowest BCUT2D eigenvalue weighted by Crippen LogP contribution is -2.44. The number of ether oxygens (including phenoxy) is 1. The Balaban J connectivity index is 1.62. The SMILES string of the molecule is COc1ccccc1NC(=O)N1CCC[C@H]1CN1CCCC1. The minimum Gasteiger partial charge on any atom is -0.495 e. The highest BCUT2D eigenvalue weighted by Gasteiger charge is 2.31. The molecule has 1 aromatic rings. The summed E-state index contributed by atoms with van der Waals surface area (Å²) in [5.74, 6) is 0.700. The van der Waals surface area contributed by atoms with Gasteiger partial charge in [-0.2, -0.15) is 0 Å². The van der Waals surface area contributed by atoms with Gasteiger partial charge in [-0.1, -0.05) is 12.1 Å². The van der Waals surface area contributed by atoms with Crippen LogP contribution in [0.3, 0.4) is 0 Å². The van der Waals surface area contributed by atoms with E-state index in [2.05, 4.69) is 10.2 Å². The number of methoxy groups -OCH3 is 1.